The highest BCUT2D eigenvalue weighted by Gasteiger charge is 2.25. The molecule has 2 aromatic rings. The van der Waals surface area contributed by atoms with Gasteiger partial charge in [-0.1, -0.05) is 11.6 Å². The molecule has 0 spiro atoms. The van der Waals surface area contributed by atoms with Crippen LogP contribution in [0.25, 0.3) is 10.2 Å². The molecule has 6 nitrogen and oxygen atoms in total. The number of carbonyl (C=O) groups excluding carboxylic acids is 1. The molecule has 2 atom stereocenters. The molecule has 3 rings (SSSR count). The number of aromatic nitrogens is 2. The summed E-state index contributed by atoms with van der Waals surface area (Å²) in [5.41, 5.74) is 0.233. The van der Waals surface area contributed by atoms with Crippen molar-refractivity contribution in [2.24, 2.45) is 0 Å². The van der Waals surface area contributed by atoms with Crippen molar-refractivity contribution in [2.45, 2.75) is 38.0 Å². The van der Waals surface area contributed by atoms with Crippen LogP contribution in [0.5, 0.6) is 0 Å². The van der Waals surface area contributed by atoms with Crippen LogP contribution in [0, 0.1) is 0 Å². The lowest BCUT2D eigenvalue weighted by Gasteiger charge is -2.28. The molecular formula is C14H17Br3ClN3O3S. The summed E-state index contributed by atoms with van der Waals surface area (Å²) in [6, 6.07) is -0.242. The van der Waals surface area contributed by atoms with Gasteiger partial charge in [-0.05, 0) is 35.3 Å². The molecule has 1 aliphatic heterocycles. The number of rotatable bonds is 4. The maximum absolute atomic E-state index is 12.4. The monoisotopic (exact) mass is 579 g/mol. The molecule has 0 amide bonds. The van der Waals surface area contributed by atoms with Gasteiger partial charge >= 0.3 is 0 Å². The number of ketones is 1. The van der Waals surface area contributed by atoms with Crippen molar-refractivity contribution in [3.05, 3.63) is 25.5 Å². The number of piperidine rings is 1. The molecular weight excluding hydrogens is 565 g/mol. The second kappa shape index (κ2) is 9.91. The van der Waals surface area contributed by atoms with Crippen molar-refractivity contribution < 1.29 is 9.90 Å². The van der Waals surface area contributed by atoms with Crippen LogP contribution in [0.2, 0.25) is 4.34 Å². The smallest absolute Gasteiger partial charge is 0.271 e. The minimum atomic E-state index is -0.517. The molecule has 140 valence electrons. The minimum absolute atomic E-state index is 0. The first kappa shape index (κ1) is 23.2. The molecule has 2 aromatic heterocycles. The van der Waals surface area contributed by atoms with Crippen molar-refractivity contribution in [3.63, 3.8) is 0 Å². The summed E-state index contributed by atoms with van der Waals surface area (Å²) < 4.78 is 2.78. The van der Waals surface area contributed by atoms with E-state index in [-0.39, 0.29) is 64.3 Å². The van der Waals surface area contributed by atoms with Crippen LogP contribution in [0.15, 0.2) is 15.6 Å². The van der Waals surface area contributed by atoms with Gasteiger partial charge in [0.1, 0.15) is 14.6 Å². The Bertz CT molecular complexity index is 814. The van der Waals surface area contributed by atoms with Gasteiger partial charge in [-0.2, -0.15) is 0 Å². The van der Waals surface area contributed by atoms with E-state index in [4.69, 9.17) is 11.6 Å². The van der Waals surface area contributed by atoms with E-state index in [1.807, 2.05) is 0 Å². The lowest BCUT2D eigenvalue weighted by Crippen LogP contribution is -2.46. The summed E-state index contributed by atoms with van der Waals surface area (Å²) in [5.74, 6) is -0.117. The van der Waals surface area contributed by atoms with Gasteiger partial charge < -0.3 is 10.4 Å². The molecule has 2 unspecified atom stereocenters. The fourth-order valence-corrected chi connectivity index (χ4v) is 4.52. The van der Waals surface area contributed by atoms with E-state index in [2.05, 4.69) is 26.2 Å². The van der Waals surface area contributed by atoms with Gasteiger partial charge in [-0.3, -0.25) is 14.2 Å². The summed E-state index contributed by atoms with van der Waals surface area (Å²) in [4.78, 5) is 28.8. The van der Waals surface area contributed by atoms with Crippen molar-refractivity contribution in [1.29, 1.82) is 0 Å². The van der Waals surface area contributed by atoms with E-state index in [9.17, 15) is 14.7 Å². The van der Waals surface area contributed by atoms with E-state index < -0.39 is 6.10 Å². The Balaban J connectivity index is 0.00000156. The Hall–Kier alpha value is 0.160. The number of aliphatic hydroxyl groups excluding tert-OH is 1. The van der Waals surface area contributed by atoms with Crippen LogP contribution >= 0.6 is 72.8 Å². The van der Waals surface area contributed by atoms with Gasteiger partial charge in [0.25, 0.3) is 5.56 Å². The first-order valence-electron chi connectivity index (χ1n) is 7.23. The van der Waals surface area contributed by atoms with E-state index in [0.29, 0.717) is 25.4 Å². The van der Waals surface area contributed by atoms with Crippen molar-refractivity contribution >= 4 is 88.8 Å². The first-order valence-corrected chi connectivity index (χ1v) is 9.22. The average molecular weight is 583 g/mol. The summed E-state index contributed by atoms with van der Waals surface area (Å²) in [5, 5.41) is 13.0. The van der Waals surface area contributed by atoms with E-state index in [0.717, 1.165) is 24.3 Å². The quantitative estimate of drug-likeness (QED) is 0.579. The molecule has 0 saturated carbocycles. The van der Waals surface area contributed by atoms with Gasteiger partial charge in [0.2, 0.25) is 0 Å². The minimum Gasteiger partial charge on any atom is -0.391 e. The zero-order valence-corrected chi connectivity index (χ0v) is 19.5. The van der Waals surface area contributed by atoms with Crippen LogP contribution in [-0.2, 0) is 11.3 Å². The number of nitrogens with one attached hydrogen (secondary N) is 1. The summed E-state index contributed by atoms with van der Waals surface area (Å²) in [7, 11) is 0. The number of thiophene rings is 1. The molecule has 0 radical (unpaired) electrons. The number of hydrogen-bond donors (Lipinski definition) is 2. The van der Waals surface area contributed by atoms with E-state index >= 15 is 0 Å². The molecule has 0 aromatic carbocycles. The standard InChI is InChI=1S/C14H15BrClN3O3S.2BrH/c15-10-11-12(23-13(10)16)14(22)19(6-18-11)5-7(20)4-8-9(21)2-1-3-17-8;;/h6,8-9,17,21H,1-5H2;2*1H. The summed E-state index contributed by atoms with van der Waals surface area (Å²) in [6.45, 7) is 0.740. The third-order valence-corrected chi connectivity index (χ3v) is 6.55. The van der Waals surface area contributed by atoms with Crippen LogP contribution < -0.4 is 10.9 Å². The normalized spacial score (nSPS) is 20.0. The summed E-state index contributed by atoms with van der Waals surface area (Å²) in [6.07, 6.45) is 2.64. The topological polar surface area (TPSA) is 84.2 Å². The maximum atomic E-state index is 12.4. The molecule has 0 aliphatic carbocycles. The van der Waals surface area contributed by atoms with Crippen LogP contribution in [0.4, 0.5) is 0 Å². The van der Waals surface area contributed by atoms with Gasteiger partial charge in [0, 0.05) is 12.5 Å². The van der Waals surface area contributed by atoms with Crippen molar-refractivity contribution in [2.75, 3.05) is 6.54 Å². The number of fused-ring (bicyclic) bond motifs is 1. The number of Topliss-reactive ketones (excluding diaryl/α,β-unsaturated/α-hetero) is 1. The molecule has 25 heavy (non-hydrogen) atoms. The third-order valence-electron chi connectivity index (χ3n) is 3.91. The summed E-state index contributed by atoms with van der Waals surface area (Å²) >= 11 is 10.4. The van der Waals surface area contributed by atoms with Gasteiger partial charge in [0.05, 0.1) is 23.4 Å². The van der Waals surface area contributed by atoms with Crippen molar-refractivity contribution in [1.82, 2.24) is 14.9 Å². The molecule has 2 N–H and O–H groups in total. The molecule has 1 fully saturated rings. The molecule has 11 heteroatoms. The fourth-order valence-electron chi connectivity index (χ4n) is 2.70. The zero-order chi connectivity index (χ0) is 16.6. The Kier molecular flexibility index (Phi) is 9.20. The SMILES string of the molecule is Br.Br.O=C(CC1NCCCC1O)Cn1cnc2c(Br)c(Cl)sc2c1=O. The van der Waals surface area contributed by atoms with Gasteiger partial charge in [0.15, 0.2) is 5.78 Å². The number of carbonyl (C=O) groups is 1. The zero-order valence-electron chi connectivity index (χ0n) is 12.9. The van der Waals surface area contributed by atoms with Crippen LogP contribution in [0.1, 0.15) is 19.3 Å². The highest BCUT2D eigenvalue weighted by molar-refractivity contribution is 9.10. The molecule has 1 saturated heterocycles. The average Bonchev–Trinajstić information content (AvgIpc) is 2.81. The number of halogens is 4. The second-order valence-electron chi connectivity index (χ2n) is 5.56. The molecule has 1 aliphatic rings. The van der Waals surface area contributed by atoms with Crippen molar-refractivity contribution in [3.8, 4) is 0 Å². The predicted molar refractivity (Wildman–Crippen MR) is 114 cm³/mol. The van der Waals surface area contributed by atoms with Gasteiger partial charge in [-0.15, -0.1) is 45.3 Å². The maximum Gasteiger partial charge on any atom is 0.271 e. The van der Waals surface area contributed by atoms with Crippen LogP contribution in [0.3, 0.4) is 0 Å². The lowest BCUT2D eigenvalue weighted by atomic mass is 9.97. The number of nitrogens with zero attached hydrogens (tertiary/aromatic N) is 2. The second-order valence-corrected chi connectivity index (χ2v) is 7.97. The fraction of sp³-hybridized carbons (Fsp3) is 0.500. The van der Waals surface area contributed by atoms with Crippen LogP contribution in [-0.4, -0.2) is 39.1 Å². The Morgan fingerprint density at radius 1 is 1.52 bits per heavy atom. The third kappa shape index (κ3) is 5.12. The van der Waals surface area contributed by atoms with E-state index in [1.165, 1.54) is 10.9 Å². The highest BCUT2D eigenvalue weighted by Crippen LogP contribution is 2.35. The predicted octanol–water partition coefficient (Wildman–Crippen LogP) is 3.10. The number of aliphatic hydroxyl groups is 1. The largest absolute Gasteiger partial charge is 0.391 e. The first-order chi connectivity index (χ1) is 11.0. The Morgan fingerprint density at radius 2 is 2.24 bits per heavy atom. The molecule has 3 heterocycles. The van der Waals surface area contributed by atoms with E-state index in [1.54, 1.807) is 0 Å². The van der Waals surface area contributed by atoms with Gasteiger partial charge in [-0.25, -0.2) is 4.98 Å². The molecule has 0 bridgehead atoms. The Morgan fingerprint density at radius 3 is 2.92 bits per heavy atom. The number of hydrogen-bond acceptors (Lipinski definition) is 6. The Labute approximate surface area is 182 Å². The lowest BCUT2D eigenvalue weighted by molar-refractivity contribution is -0.121. The highest BCUT2D eigenvalue weighted by atomic mass is 79.9.